The number of amides is 1. The Morgan fingerprint density at radius 3 is 2.32 bits per heavy atom. The first-order valence-electron chi connectivity index (χ1n) is 8.75. The Bertz CT molecular complexity index is 778. The van der Waals surface area contributed by atoms with Crippen LogP contribution in [0.25, 0.3) is 0 Å². The van der Waals surface area contributed by atoms with Crippen LogP contribution in [0.15, 0.2) is 47.5 Å². The highest BCUT2D eigenvalue weighted by Gasteiger charge is 2.18. The molecule has 0 unspecified atom stereocenters. The predicted octanol–water partition coefficient (Wildman–Crippen LogP) is 6.32. The molecule has 0 spiro atoms. The third-order valence-corrected chi connectivity index (χ3v) is 4.94. The van der Waals surface area contributed by atoms with Crippen molar-refractivity contribution in [2.45, 2.75) is 44.9 Å². The molecule has 1 amide bonds. The lowest BCUT2D eigenvalue weighted by Gasteiger charge is -2.14. The zero-order chi connectivity index (χ0) is 17.6. The molecule has 4 heteroatoms. The molecule has 0 saturated heterocycles. The van der Waals surface area contributed by atoms with Gasteiger partial charge in [0.2, 0.25) is 0 Å². The van der Waals surface area contributed by atoms with E-state index >= 15 is 0 Å². The topological polar surface area (TPSA) is 29.4 Å². The van der Waals surface area contributed by atoms with Crippen molar-refractivity contribution in [3.8, 4) is 0 Å². The molecule has 0 aromatic heterocycles. The third kappa shape index (κ3) is 5.17. The largest absolute Gasteiger partial charge is 0.277 e. The van der Waals surface area contributed by atoms with E-state index in [0.717, 1.165) is 61.8 Å². The Kier molecular flexibility index (Phi) is 6.28. The number of carbonyl (C=O) groups excluding carboxylic acids is 1. The van der Waals surface area contributed by atoms with Crippen LogP contribution in [0.4, 0.5) is 0 Å². The molecule has 2 aromatic carbocycles. The molecule has 0 fully saturated rings. The number of aryl methyl sites for hydroxylation is 1. The number of benzene rings is 2. The third-order valence-electron chi connectivity index (χ3n) is 4.51. The number of carbonyl (C=O) groups is 1. The SMILES string of the molecule is O=C1N=C(CCCCCCc2cc(Cl)cc(Cl)c2)Cc2ccccc21. The summed E-state index contributed by atoms with van der Waals surface area (Å²) in [4.78, 5) is 16.3. The van der Waals surface area contributed by atoms with Gasteiger partial charge in [-0.2, -0.15) is 0 Å². The summed E-state index contributed by atoms with van der Waals surface area (Å²) in [7, 11) is 0. The molecule has 0 N–H and O–H groups in total. The number of hydrogen-bond acceptors (Lipinski definition) is 1. The zero-order valence-electron chi connectivity index (χ0n) is 14.1. The van der Waals surface area contributed by atoms with Gasteiger partial charge in [-0.25, -0.2) is 4.99 Å². The Labute approximate surface area is 158 Å². The maximum Gasteiger partial charge on any atom is 0.277 e. The van der Waals surface area contributed by atoms with Crippen LogP contribution in [-0.4, -0.2) is 11.6 Å². The monoisotopic (exact) mass is 373 g/mol. The van der Waals surface area contributed by atoms with Crippen LogP contribution in [0, 0.1) is 0 Å². The highest BCUT2D eigenvalue weighted by atomic mass is 35.5. The molecule has 1 aliphatic heterocycles. The van der Waals surface area contributed by atoms with Gasteiger partial charge in [-0.3, -0.25) is 4.79 Å². The predicted molar refractivity (Wildman–Crippen MR) is 105 cm³/mol. The Morgan fingerprint density at radius 1 is 0.880 bits per heavy atom. The van der Waals surface area contributed by atoms with Gasteiger partial charge in [-0.05, 0) is 61.1 Å². The van der Waals surface area contributed by atoms with Crippen molar-refractivity contribution < 1.29 is 4.79 Å². The van der Waals surface area contributed by atoms with Gasteiger partial charge in [-0.15, -0.1) is 0 Å². The van der Waals surface area contributed by atoms with Crippen molar-refractivity contribution in [2.75, 3.05) is 0 Å². The lowest BCUT2D eigenvalue weighted by molar-refractivity contribution is 0.1000. The Morgan fingerprint density at radius 2 is 1.56 bits per heavy atom. The summed E-state index contributed by atoms with van der Waals surface area (Å²) < 4.78 is 0. The maximum absolute atomic E-state index is 12.0. The van der Waals surface area contributed by atoms with Crippen LogP contribution in [0.2, 0.25) is 10.0 Å². The Balaban J connectivity index is 1.39. The summed E-state index contributed by atoms with van der Waals surface area (Å²) in [6.45, 7) is 0. The second-order valence-corrected chi connectivity index (χ2v) is 7.38. The number of fused-ring (bicyclic) bond motifs is 1. The van der Waals surface area contributed by atoms with Gasteiger partial charge < -0.3 is 0 Å². The molecular weight excluding hydrogens is 353 g/mol. The van der Waals surface area contributed by atoms with Crippen molar-refractivity contribution in [1.29, 1.82) is 0 Å². The number of hydrogen-bond donors (Lipinski definition) is 0. The molecule has 1 aliphatic rings. The van der Waals surface area contributed by atoms with Gasteiger partial charge in [0.25, 0.3) is 5.91 Å². The molecule has 25 heavy (non-hydrogen) atoms. The summed E-state index contributed by atoms with van der Waals surface area (Å²) in [5, 5.41) is 1.39. The van der Waals surface area contributed by atoms with Crippen molar-refractivity contribution >= 4 is 34.8 Å². The van der Waals surface area contributed by atoms with Crippen LogP contribution >= 0.6 is 23.2 Å². The summed E-state index contributed by atoms with van der Waals surface area (Å²) in [6.07, 6.45) is 7.19. The average molecular weight is 374 g/mol. The van der Waals surface area contributed by atoms with E-state index in [1.54, 1.807) is 6.07 Å². The lowest BCUT2D eigenvalue weighted by Crippen LogP contribution is -2.16. The highest BCUT2D eigenvalue weighted by Crippen LogP contribution is 2.21. The number of aliphatic imine (C=N–C) groups is 1. The van der Waals surface area contributed by atoms with E-state index < -0.39 is 0 Å². The van der Waals surface area contributed by atoms with Gasteiger partial charge >= 0.3 is 0 Å². The van der Waals surface area contributed by atoms with Gasteiger partial charge in [0.1, 0.15) is 0 Å². The Hall–Kier alpha value is -1.64. The van der Waals surface area contributed by atoms with E-state index in [4.69, 9.17) is 23.2 Å². The first kappa shape index (κ1) is 18.2. The molecule has 0 saturated carbocycles. The summed E-state index contributed by atoms with van der Waals surface area (Å²) in [6, 6.07) is 13.5. The fraction of sp³-hybridized carbons (Fsp3) is 0.333. The van der Waals surface area contributed by atoms with E-state index in [1.165, 1.54) is 5.56 Å². The molecule has 130 valence electrons. The summed E-state index contributed by atoms with van der Waals surface area (Å²) in [5.74, 6) is -0.0883. The van der Waals surface area contributed by atoms with Gasteiger partial charge in [0, 0.05) is 27.7 Å². The molecule has 0 aliphatic carbocycles. The first-order valence-corrected chi connectivity index (χ1v) is 9.51. The number of rotatable bonds is 7. The zero-order valence-corrected chi connectivity index (χ0v) is 15.6. The molecule has 0 bridgehead atoms. The minimum atomic E-state index is -0.0883. The van der Waals surface area contributed by atoms with Gasteiger partial charge in [0.05, 0.1) is 0 Å². The minimum Gasteiger partial charge on any atom is -0.267 e. The quantitative estimate of drug-likeness (QED) is 0.521. The lowest BCUT2D eigenvalue weighted by atomic mass is 9.95. The van der Waals surface area contributed by atoms with Crippen LogP contribution in [0.3, 0.4) is 0 Å². The normalized spacial score (nSPS) is 13.5. The van der Waals surface area contributed by atoms with E-state index in [9.17, 15) is 4.79 Å². The maximum atomic E-state index is 12.0. The molecule has 0 radical (unpaired) electrons. The summed E-state index contributed by atoms with van der Waals surface area (Å²) in [5.41, 5.74) is 4.07. The second kappa shape index (κ2) is 8.64. The van der Waals surface area contributed by atoms with Gasteiger partial charge in [0.15, 0.2) is 0 Å². The van der Waals surface area contributed by atoms with Crippen molar-refractivity contribution in [1.82, 2.24) is 0 Å². The average Bonchev–Trinajstić information content (AvgIpc) is 2.57. The van der Waals surface area contributed by atoms with Crippen molar-refractivity contribution in [3.63, 3.8) is 0 Å². The van der Waals surface area contributed by atoms with E-state index in [0.29, 0.717) is 10.0 Å². The fourth-order valence-corrected chi connectivity index (χ4v) is 3.83. The van der Waals surface area contributed by atoms with E-state index in [-0.39, 0.29) is 5.91 Å². The van der Waals surface area contributed by atoms with Gasteiger partial charge in [-0.1, -0.05) is 54.2 Å². The number of halogens is 2. The molecule has 2 nitrogen and oxygen atoms in total. The molecule has 2 aromatic rings. The minimum absolute atomic E-state index is 0.0883. The van der Waals surface area contributed by atoms with E-state index in [1.807, 2.05) is 36.4 Å². The standard InChI is InChI=1S/C21H21Cl2NO/c22-17-11-15(12-18(23)14-17)7-3-1-2-4-9-19-13-16-8-5-6-10-20(16)21(25)24-19/h5-6,8,10-12,14H,1-4,7,9,13H2. The van der Waals surface area contributed by atoms with Crippen LogP contribution < -0.4 is 0 Å². The van der Waals surface area contributed by atoms with Crippen molar-refractivity contribution in [2.24, 2.45) is 4.99 Å². The second-order valence-electron chi connectivity index (χ2n) is 6.51. The molecular formula is C21H21Cl2NO. The van der Waals surface area contributed by atoms with Crippen molar-refractivity contribution in [3.05, 3.63) is 69.2 Å². The van der Waals surface area contributed by atoms with Crippen LogP contribution in [0.1, 0.15) is 53.6 Å². The number of unbranched alkanes of at least 4 members (excludes halogenated alkanes) is 3. The molecule has 3 rings (SSSR count). The fourth-order valence-electron chi connectivity index (χ4n) is 3.26. The number of nitrogens with zero attached hydrogens (tertiary/aromatic N) is 1. The highest BCUT2D eigenvalue weighted by molar-refractivity contribution is 6.34. The first-order chi connectivity index (χ1) is 12.1. The molecule has 0 atom stereocenters. The molecule has 1 heterocycles. The smallest absolute Gasteiger partial charge is 0.267 e. The van der Waals surface area contributed by atoms with Crippen LogP contribution in [-0.2, 0) is 12.8 Å². The van der Waals surface area contributed by atoms with E-state index in [2.05, 4.69) is 4.99 Å². The summed E-state index contributed by atoms with van der Waals surface area (Å²) >= 11 is 12.0. The van der Waals surface area contributed by atoms with Crippen LogP contribution in [0.5, 0.6) is 0 Å².